The van der Waals surface area contributed by atoms with Crippen molar-refractivity contribution in [1.82, 2.24) is 0 Å². The first-order chi connectivity index (χ1) is 12.4. The van der Waals surface area contributed by atoms with Gasteiger partial charge in [-0.05, 0) is 48.5 Å². The Morgan fingerprint density at radius 2 is 0.808 bits per heavy atom. The third-order valence-electron chi connectivity index (χ3n) is 3.38. The minimum absolute atomic E-state index is 0.0634. The molecule has 0 saturated carbocycles. The van der Waals surface area contributed by atoms with Gasteiger partial charge >= 0.3 is 0 Å². The van der Waals surface area contributed by atoms with E-state index in [0.717, 1.165) is 0 Å². The number of nitrogens with two attached hydrogens (primary N) is 2. The Labute approximate surface area is 170 Å². The maximum Gasteiger partial charge on any atom is 0.191 e. The lowest BCUT2D eigenvalue weighted by Crippen LogP contribution is -1.95. The van der Waals surface area contributed by atoms with E-state index < -0.39 is 0 Å². The molecule has 0 aliphatic carbocycles. The minimum Gasteiger partial charge on any atom is -0.452 e. The summed E-state index contributed by atoms with van der Waals surface area (Å²) >= 11 is 25.0. The van der Waals surface area contributed by atoms with Gasteiger partial charge in [0, 0.05) is 11.4 Å². The smallest absolute Gasteiger partial charge is 0.191 e. The average Bonchev–Trinajstić information content (AvgIpc) is 2.64. The van der Waals surface area contributed by atoms with Crippen molar-refractivity contribution in [2.24, 2.45) is 0 Å². The average molecular weight is 430 g/mol. The van der Waals surface area contributed by atoms with Crippen LogP contribution >= 0.6 is 46.4 Å². The normalized spacial score (nSPS) is 10.6. The molecule has 3 aromatic carbocycles. The van der Waals surface area contributed by atoms with Crippen molar-refractivity contribution in [2.75, 3.05) is 11.5 Å². The molecule has 0 fully saturated rings. The van der Waals surface area contributed by atoms with Crippen LogP contribution in [0.4, 0.5) is 11.4 Å². The first kappa shape index (κ1) is 18.8. The summed E-state index contributed by atoms with van der Waals surface area (Å²) < 4.78 is 11.7. The van der Waals surface area contributed by atoms with Crippen molar-refractivity contribution >= 4 is 57.8 Å². The number of nitrogen functional groups attached to an aromatic ring is 2. The van der Waals surface area contributed by atoms with Gasteiger partial charge in [-0.3, -0.25) is 0 Å². The lowest BCUT2D eigenvalue weighted by atomic mass is 10.2. The standard InChI is InChI=1S/C18H12Cl4N2O2/c19-13-14(20)16(22)18(26-12-7-3-10(24)4-8-12)17(15(13)21)25-11-5-1-9(23)2-6-11/h1-8H,23-24H2. The fourth-order valence-electron chi connectivity index (χ4n) is 2.08. The highest BCUT2D eigenvalue weighted by Crippen LogP contribution is 2.52. The highest BCUT2D eigenvalue weighted by molar-refractivity contribution is 6.53. The zero-order valence-electron chi connectivity index (χ0n) is 13.1. The van der Waals surface area contributed by atoms with Gasteiger partial charge in [-0.1, -0.05) is 46.4 Å². The molecule has 0 heterocycles. The number of benzene rings is 3. The zero-order chi connectivity index (χ0) is 18.8. The van der Waals surface area contributed by atoms with Gasteiger partial charge in [0.15, 0.2) is 11.5 Å². The molecule has 0 saturated heterocycles. The second-order valence-electron chi connectivity index (χ2n) is 5.26. The van der Waals surface area contributed by atoms with E-state index in [1.54, 1.807) is 48.5 Å². The summed E-state index contributed by atoms with van der Waals surface area (Å²) in [6.45, 7) is 0. The van der Waals surface area contributed by atoms with Crippen LogP contribution in [0.2, 0.25) is 20.1 Å². The van der Waals surface area contributed by atoms with E-state index in [0.29, 0.717) is 22.9 Å². The molecule has 4 nitrogen and oxygen atoms in total. The Hall–Kier alpha value is -1.98. The molecule has 0 aliphatic heterocycles. The summed E-state index contributed by atoms with van der Waals surface area (Å²) in [4.78, 5) is 0. The Balaban J connectivity index is 2.08. The summed E-state index contributed by atoms with van der Waals surface area (Å²) in [7, 11) is 0. The summed E-state index contributed by atoms with van der Waals surface area (Å²) in [6, 6.07) is 13.4. The van der Waals surface area contributed by atoms with Crippen LogP contribution in [-0.2, 0) is 0 Å². The monoisotopic (exact) mass is 428 g/mol. The van der Waals surface area contributed by atoms with Crippen molar-refractivity contribution in [3.8, 4) is 23.0 Å². The summed E-state index contributed by atoms with van der Waals surface area (Å²) in [6.07, 6.45) is 0. The fourth-order valence-corrected chi connectivity index (χ4v) is 2.98. The number of hydrogen-bond donors (Lipinski definition) is 2. The van der Waals surface area contributed by atoms with E-state index in [1.807, 2.05) is 0 Å². The summed E-state index contributed by atoms with van der Waals surface area (Å²) in [5.41, 5.74) is 12.6. The third-order valence-corrected chi connectivity index (χ3v) is 5.15. The predicted molar refractivity (Wildman–Crippen MR) is 108 cm³/mol. The lowest BCUT2D eigenvalue weighted by Gasteiger charge is -2.17. The number of ether oxygens (including phenoxy) is 2. The third kappa shape index (κ3) is 3.89. The highest BCUT2D eigenvalue weighted by Gasteiger charge is 2.24. The topological polar surface area (TPSA) is 70.5 Å². The molecule has 3 aromatic rings. The van der Waals surface area contributed by atoms with Crippen LogP contribution in [0, 0.1) is 0 Å². The van der Waals surface area contributed by atoms with Crippen LogP contribution in [0.5, 0.6) is 23.0 Å². The molecule has 0 unspecified atom stereocenters. The summed E-state index contributed by atoms with van der Waals surface area (Å²) in [5, 5.41) is 0.272. The lowest BCUT2D eigenvalue weighted by molar-refractivity contribution is 0.419. The van der Waals surface area contributed by atoms with Crippen molar-refractivity contribution in [2.45, 2.75) is 0 Å². The zero-order valence-corrected chi connectivity index (χ0v) is 16.1. The number of anilines is 2. The number of hydrogen-bond acceptors (Lipinski definition) is 4. The van der Waals surface area contributed by atoms with E-state index in [4.69, 9.17) is 67.3 Å². The Morgan fingerprint density at radius 1 is 0.500 bits per heavy atom. The molecular weight excluding hydrogens is 418 g/mol. The fraction of sp³-hybridized carbons (Fsp3) is 0. The Morgan fingerprint density at radius 3 is 1.12 bits per heavy atom. The first-order valence-corrected chi connectivity index (χ1v) is 8.80. The van der Waals surface area contributed by atoms with Gasteiger partial charge in [0.1, 0.15) is 21.5 Å². The Kier molecular flexibility index (Phi) is 5.58. The van der Waals surface area contributed by atoms with Crippen molar-refractivity contribution in [3.05, 3.63) is 68.6 Å². The van der Waals surface area contributed by atoms with Crippen LogP contribution < -0.4 is 20.9 Å². The maximum absolute atomic E-state index is 6.32. The number of rotatable bonds is 4. The largest absolute Gasteiger partial charge is 0.452 e. The molecule has 3 rings (SSSR count). The quantitative estimate of drug-likeness (QED) is 0.264. The van der Waals surface area contributed by atoms with Gasteiger partial charge in [-0.15, -0.1) is 0 Å². The molecule has 0 aromatic heterocycles. The van der Waals surface area contributed by atoms with E-state index in [-0.39, 0.29) is 31.6 Å². The molecule has 0 atom stereocenters. The van der Waals surface area contributed by atoms with Crippen LogP contribution in [-0.4, -0.2) is 0 Å². The molecule has 0 amide bonds. The minimum atomic E-state index is 0.0634. The molecule has 0 bridgehead atoms. The van der Waals surface area contributed by atoms with Gasteiger partial charge in [0.05, 0.1) is 10.0 Å². The van der Waals surface area contributed by atoms with E-state index >= 15 is 0 Å². The van der Waals surface area contributed by atoms with Crippen molar-refractivity contribution in [3.63, 3.8) is 0 Å². The van der Waals surface area contributed by atoms with Crippen LogP contribution in [0.3, 0.4) is 0 Å². The molecule has 8 heteroatoms. The Bertz CT molecular complexity index is 867. The molecule has 134 valence electrons. The molecule has 26 heavy (non-hydrogen) atoms. The second-order valence-corrected chi connectivity index (χ2v) is 6.77. The van der Waals surface area contributed by atoms with Crippen molar-refractivity contribution in [1.29, 1.82) is 0 Å². The van der Waals surface area contributed by atoms with Crippen LogP contribution in [0.25, 0.3) is 0 Å². The predicted octanol–water partition coefficient (Wildman–Crippen LogP) is 7.05. The molecule has 0 spiro atoms. The van der Waals surface area contributed by atoms with E-state index in [2.05, 4.69) is 0 Å². The SMILES string of the molecule is Nc1ccc(Oc2c(Cl)c(Cl)c(Cl)c(Cl)c2Oc2ccc(N)cc2)cc1. The van der Waals surface area contributed by atoms with E-state index in [9.17, 15) is 0 Å². The maximum atomic E-state index is 6.32. The molecule has 0 aliphatic rings. The van der Waals surface area contributed by atoms with Gasteiger partial charge in [-0.2, -0.15) is 0 Å². The van der Waals surface area contributed by atoms with Crippen LogP contribution in [0.15, 0.2) is 48.5 Å². The molecule has 4 N–H and O–H groups in total. The van der Waals surface area contributed by atoms with Gasteiger partial charge in [0.2, 0.25) is 0 Å². The molecule has 0 radical (unpaired) electrons. The summed E-state index contributed by atoms with van der Waals surface area (Å²) in [5.74, 6) is 1.20. The van der Waals surface area contributed by atoms with Gasteiger partial charge in [-0.25, -0.2) is 0 Å². The first-order valence-electron chi connectivity index (χ1n) is 7.29. The highest BCUT2D eigenvalue weighted by atomic mass is 35.5. The van der Waals surface area contributed by atoms with Crippen molar-refractivity contribution < 1.29 is 9.47 Å². The van der Waals surface area contributed by atoms with Gasteiger partial charge < -0.3 is 20.9 Å². The molecular formula is C18H12Cl4N2O2. The van der Waals surface area contributed by atoms with E-state index in [1.165, 1.54) is 0 Å². The van der Waals surface area contributed by atoms with Gasteiger partial charge in [0.25, 0.3) is 0 Å². The second kappa shape index (κ2) is 7.72. The number of halogens is 4. The van der Waals surface area contributed by atoms with Crippen LogP contribution in [0.1, 0.15) is 0 Å².